The predicted molar refractivity (Wildman–Crippen MR) is 71.1 cm³/mol. The number of aromatic hydroxyl groups is 1. The summed E-state index contributed by atoms with van der Waals surface area (Å²) in [6, 6.07) is 7.74. The second-order valence-electron chi connectivity index (χ2n) is 4.91. The highest BCUT2D eigenvalue weighted by Crippen LogP contribution is 2.43. The largest absolute Gasteiger partial charge is 0.507 e. The summed E-state index contributed by atoms with van der Waals surface area (Å²) in [5.41, 5.74) is 1.95. The van der Waals surface area contributed by atoms with Crippen LogP contribution in [0.1, 0.15) is 25.0 Å². The average molecular weight is 293 g/mol. The number of halogens is 1. The summed E-state index contributed by atoms with van der Waals surface area (Å²) < 4.78 is 6.80. The number of fused-ring (bicyclic) bond motifs is 3. The monoisotopic (exact) mass is 292 g/mol. The van der Waals surface area contributed by atoms with Crippen molar-refractivity contribution in [3.8, 4) is 5.75 Å². The molecule has 0 bridgehead atoms. The molecule has 1 aliphatic rings. The summed E-state index contributed by atoms with van der Waals surface area (Å²) in [5.74, 6) is 0.324. The molecule has 0 fully saturated rings. The topological polar surface area (TPSA) is 29.5 Å². The van der Waals surface area contributed by atoms with Gasteiger partial charge in [-0.15, -0.1) is 0 Å². The third-order valence-corrected chi connectivity index (χ3v) is 3.91. The molecule has 2 aromatic carbocycles. The normalized spacial score (nSPS) is 17.4. The Morgan fingerprint density at radius 3 is 2.76 bits per heavy atom. The zero-order chi connectivity index (χ0) is 12.2. The van der Waals surface area contributed by atoms with E-state index in [9.17, 15) is 5.11 Å². The van der Waals surface area contributed by atoms with Crippen LogP contribution in [-0.2, 0) is 16.9 Å². The van der Waals surface area contributed by atoms with Gasteiger partial charge in [-0.1, -0.05) is 15.9 Å². The van der Waals surface area contributed by atoms with E-state index in [1.807, 2.05) is 38.1 Å². The minimum atomic E-state index is -0.316. The highest BCUT2D eigenvalue weighted by Gasteiger charge is 2.32. The molecule has 0 spiro atoms. The maximum atomic E-state index is 10.1. The smallest absolute Gasteiger partial charge is 0.123 e. The van der Waals surface area contributed by atoms with Gasteiger partial charge in [0.1, 0.15) is 5.75 Å². The summed E-state index contributed by atoms with van der Waals surface area (Å²) in [6.45, 7) is 4.67. The van der Waals surface area contributed by atoms with E-state index in [0.717, 1.165) is 20.8 Å². The summed E-state index contributed by atoms with van der Waals surface area (Å²) in [7, 11) is 0. The second-order valence-corrected chi connectivity index (χ2v) is 5.83. The summed E-state index contributed by atoms with van der Waals surface area (Å²) in [6.07, 6.45) is 0. The molecular formula is C14H13BrO2. The van der Waals surface area contributed by atoms with Gasteiger partial charge >= 0.3 is 0 Å². The van der Waals surface area contributed by atoms with E-state index < -0.39 is 0 Å². The molecule has 0 aromatic heterocycles. The number of hydrogen-bond acceptors (Lipinski definition) is 2. The van der Waals surface area contributed by atoms with Crippen LogP contribution in [0.25, 0.3) is 10.8 Å². The van der Waals surface area contributed by atoms with Crippen LogP contribution < -0.4 is 0 Å². The second kappa shape index (κ2) is 3.47. The lowest BCUT2D eigenvalue weighted by atomic mass is 9.92. The lowest BCUT2D eigenvalue weighted by Gasteiger charge is -2.18. The van der Waals surface area contributed by atoms with Crippen LogP contribution >= 0.6 is 15.9 Å². The number of ether oxygens (including phenoxy) is 1. The van der Waals surface area contributed by atoms with E-state index in [1.165, 1.54) is 5.56 Å². The minimum Gasteiger partial charge on any atom is -0.507 e. The van der Waals surface area contributed by atoms with Crippen molar-refractivity contribution in [2.45, 2.75) is 26.1 Å². The fourth-order valence-electron chi connectivity index (χ4n) is 2.46. The molecule has 88 valence electrons. The minimum absolute atomic E-state index is 0.316. The molecule has 0 radical (unpaired) electrons. The Morgan fingerprint density at radius 2 is 2.00 bits per heavy atom. The molecule has 0 aliphatic carbocycles. The quantitative estimate of drug-likeness (QED) is 0.793. The van der Waals surface area contributed by atoms with Crippen molar-refractivity contribution >= 4 is 26.7 Å². The molecule has 0 amide bonds. The van der Waals surface area contributed by atoms with Crippen LogP contribution in [0.3, 0.4) is 0 Å². The van der Waals surface area contributed by atoms with Gasteiger partial charge in [0.15, 0.2) is 0 Å². The van der Waals surface area contributed by atoms with Gasteiger partial charge in [0, 0.05) is 9.86 Å². The van der Waals surface area contributed by atoms with E-state index in [-0.39, 0.29) is 5.60 Å². The van der Waals surface area contributed by atoms with Crippen LogP contribution in [0.4, 0.5) is 0 Å². The molecule has 0 saturated heterocycles. The molecule has 1 aliphatic heterocycles. The van der Waals surface area contributed by atoms with Crippen molar-refractivity contribution in [1.29, 1.82) is 0 Å². The molecule has 17 heavy (non-hydrogen) atoms. The van der Waals surface area contributed by atoms with Crippen molar-refractivity contribution in [2.75, 3.05) is 0 Å². The molecule has 1 heterocycles. The third kappa shape index (κ3) is 1.57. The number of rotatable bonds is 0. The van der Waals surface area contributed by atoms with E-state index in [2.05, 4.69) is 15.9 Å². The fraction of sp³-hybridized carbons (Fsp3) is 0.286. The highest BCUT2D eigenvalue weighted by atomic mass is 79.9. The fourth-order valence-corrected chi connectivity index (χ4v) is 2.82. The maximum absolute atomic E-state index is 10.1. The van der Waals surface area contributed by atoms with Crippen molar-refractivity contribution in [3.63, 3.8) is 0 Å². The number of phenolic OH excluding ortho intramolecular Hbond substituents is 1. The Labute approximate surface area is 108 Å². The summed E-state index contributed by atoms with van der Waals surface area (Å²) >= 11 is 3.47. The lowest BCUT2D eigenvalue weighted by Crippen LogP contribution is -2.14. The predicted octanol–water partition coefficient (Wildman–Crippen LogP) is 4.07. The van der Waals surface area contributed by atoms with Crippen molar-refractivity contribution < 1.29 is 9.84 Å². The average Bonchev–Trinajstić information content (AvgIpc) is 2.55. The van der Waals surface area contributed by atoms with Crippen molar-refractivity contribution in [2.24, 2.45) is 0 Å². The van der Waals surface area contributed by atoms with Crippen LogP contribution in [0.5, 0.6) is 5.75 Å². The Bertz CT molecular complexity index is 617. The highest BCUT2D eigenvalue weighted by molar-refractivity contribution is 9.10. The van der Waals surface area contributed by atoms with Crippen molar-refractivity contribution in [1.82, 2.24) is 0 Å². The first-order chi connectivity index (χ1) is 7.99. The Balaban J connectivity index is 2.43. The first kappa shape index (κ1) is 11.1. The van der Waals surface area contributed by atoms with Gasteiger partial charge in [-0.3, -0.25) is 0 Å². The SMILES string of the molecule is CC1(C)OCc2c1cc(O)c1ccc(Br)cc21. The van der Waals surface area contributed by atoms with Crippen LogP contribution in [-0.4, -0.2) is 5.11 Å². The first-order valence-corrected chi connectivity index (χ1v) is 6.37. The lowest BCUT2D eigenvalue weighted by molar-refractivity contribution is -0.00779. The van der Waals surface area contributed by atoms with E-state index >= 15 is 0 Å². The number of benzene rings is 2. The van der Waals surface area contributed by atoms with Gasteiger partial charge in [0.25, 0.3) is 0 Å². The molecule has 1 N–H and O–H groups in total. The molecule has 3 rings (SSSR count). The molecule has 3 heteroatoms. The standard InChI is InChI=1S/C14H13BrO2/c1-14(2)12-6-13(16)9-4-3-8(15)5-10(9)11(12)7-17-14/h3-6,16H,7H2,1-2H3. The zero-order valence-electron chi connectivity index (χ0n) is 9.75. The van der Waals surface area contributed by atoms with Gasteiger partial charge < -0.3 is 9.84 Å². The summed E-state index contributed by atoms with van der Waals surface area (Å²) in [5, 5.41) is 12.0. The first-order valence-electron chi connectivity index (χ1n) is 5.57. The van der Waals surface area contributed by atoms with E-state index in [0.29, 0.717) is 12.4 Å². The molecule has 2 nitrogen and oxygen atoms in total. The molecule has 0 saturated carbocycles. The Hall–Kier alpha value is -1.06. The molecule has 0 atom stereocenters. The summed E-state index contributed by atoms with van der Waals surface area (Å²) in [4.78, 5) is 0. The number of hydrogen-bond donors (Lipinski definition) is 1. The van der Waals surface area contributed by atoms with Crippen LogP contribution in [0.2, 0.25) is 0 Å². The van der Waals surface area contributed by atoms with Gasteiger partial charge in [0.2, 0.25) is 0 Å². The van der Waals surface area contributed by atoms with Gasteiger partial charge in [-0.05, 0) is 54.6 Å². The van der Waals surface area contributed by atoms with Crippen LogP contribution in [0.15, 0.2) is 28.7 Å². The molecule has 2 aromatic rings. The Kier molecular flexibility index (Phi) is 2.25. The Morgan fingerprint density at radius 1 is 1.24 bits per heavy atom. The number of phenols is 1. The maximum Gasteiger partial charge on any atom is 0.123 e. The van der Waals surface area contributed by atoms with Crippen molar-refractivity contribution in [3.05, 3.63) is 39.9 Å². The van der Waals surface area contributed by atoms with Gasteiger partial charge in [-0.2, -0.15) is 0 Å². The molecule has 0 unspecified atom stereocenters. The zero-order valence-corrected chi connectivity index (χ0v) is 11.3. The third-order valence-electron chi connectivity index (χ3n) is 3.41. The van der Waals surface area contributed by atoms with Crippen LogP contribution in [0, 0.1) is 0 Å². The van der Waals surface area contributed by atoms with Gasteiger partial charge in [-0.25, -0.2) is 0 Å². The van der Waals surface area contributed by atoms with Gasteiger partial charge in [0.05, 0.1) is 12.2 Å². The van der Waals surface area contributed by atoms with E-state index in [4.69, 9.17) is 4.74 Å². The molecular weight excluding hydrogens is 280 g/mol. The van der Waals surface area contributed by atoms with E-state index in [1.54, 1.807) is 0 Å².